The van der Waals surface area contributed by atoms with Crippen molar-refractivity contribution >= 4 is 5.78 Å². The Hall–Kier alpha value is -0.370. The van der Waals surface area contributed by atoms with Gasteiger partial charge in [-0.3, -0.25) is 4.79 Å². The highest BCUT2D eigenvalue weighted by molar-refractivity contribution is 5.77. The van der Waals surface area contributed by atoms with Crippen LogP contribution in [0.15, 0.2) is 0 Å². The van der Waals surface area contributed by atoms with Crippen molar-refractivity contribution in [1.82, 2.24) is 4.90 Å². The molecule has 0 amide bonds. The predicted octanol–water partition coefficient (Wildman–Crippen LogP) is 5.06. The van der Waals surface area contributed by atoms with Gasteiger partial charge in [0.2, 0.25) is 0 Å². The van der Waals surface area contributed by atoms with Gasteiger partial charge in [-0.1, -0.05) is 65.2 Å². The Labute approximate surface area is 122 Å². The monoisotopic (exact) mass is 271 g/mol. The van der Waals surface area contributed by atoms with Gasteiger partial charge in [0.1, 0.15) is 5.78 Å². The summed E-state index contributed by atoms with van der Waals surface area (Å²) in [5, 5.41) is 0. The number of hydrogen-bond acceptors (Lipinski definition) is 2. The normalized spacial score (nSPS) is 10.2. The average molecular weight is 271 g/mol. The Morgan fingerprint density at radius 2 is 1.11 bits per heavy atom. The molecule has 0 unspecified atom stereocenters. The summed E-state index contributed by atoms with van der Waals surface area (Å²) in [6, 6.07) is 0. The molecular weight excluding hydrogens is 234 g/mol. The van der Waals surface area contributed by atoms with E-state index < -0.39 is 0 Å². The molecule has 0 bridgehead atoms. The molecule has 0 rings (SSSR count). The maximum atomic E-state index is 11.0. The molecule has 0 aliphatic rings. The molecule has 0 aromatic carbocycles. The quantitative estimate of drug-likeness (QED) is 0.489. The second-order valence-corrected chi connectivity index (χ2v) is 5.81. The van der Waals surface area contributed by atoms with E-state index in [1.807, 2.05) is 33.0 Å². The zero-order valence-corrected chi connectivity index (χ0v) is 14.1. The molecule has 0 aromatic rings. The van der Waals surface area contributed by atoms with Gasteiger partial charge < -0.3 is 4.90 Å². The molecule has 0 N–H and O–H groups in total. The predicted molar refractivity (Wildman–Crippen MR) is 86.8 cm³/mol. The fraction of sp³-hybridized carbons (Fsp3) is 0.941. The molecule has 0 fully saturated rings. The van der Waals surface area contributed by atoms with Crippen LogP contribution in [0.25, 0.3) is 0 Å². The minimum absolute atomic E-state index is 0.429. The van der Waals surface area contributed by atoms with E-state index in [1.54, 1.807) is 0 Å². The number of unbranched alkanes of at least 4 members (excludes halogenated alkanes) is 8. The average Bonchev–Trinajstić information content (AvgIpc) is 2.36. The van der Waals surface area contributed by atoms with E-state index in [1.165, 1.54) is 51.4 Å². The summed E-state index contributed by atoms with van der Waals surface area (Å²) in [5.41, 5.74) is 0. The van der Waals surface area contributed by atoms with E-state index in [0.29, 0.717) is 5.78 Å². The largest absolute Gasteiger partial charge is 0.312 e. The van der Waals surface area contributed by atoms with Crippen molar-refractivity contribution in [3.05, 3.63) is 0 Å². The Morgan fingerprint density at radius 1 is 0.737 bits per heavy atom. The van der Waals surface area contributed by atoms with Crippen LogP contribution in [-0.2, 0) is 4.79 Å². The smallest absolute Gasteiger partial charge is 0.132 e. The van der Waals surface area contributed by atoms with Crippen molar-refractivity contribution in [1.29, 1.82) is 0 Å². The Kier molecular flexibility index (Phi) is 19.4. The van der Waals surface area contributed by atoms with Gasteiger partial charge in [-0.15, -0.1) is 0 Å². The van der Waals surface area contributed by atoms with Gasteiger partial charge in [0.25, 0.3) is 0 Å². The third-order valence-corrected chi connectivity index (χ3v) is 2.95. The number of hydrogen-bond donors (Lipinski definition) is 0. The number of rotatable bonds is 11. The van der Waals surface area contributed by atoms with Gasteiger partial charge in [-0.05, 0) is 27.6 Å². The first-order valence-corrected chi connectivity index (χ1v) is 8.17. The second kappa shape index (κ2) is 17.6. The van der Waals surface area contributed by atoms with Crippen LogP contribution in [0.4, 0.5) is 0 Å². The second-order valence-electron chi connectivity index (χ2n) is 5.81. The van der Waals surface area contributed by atoms with Crippen LogP contribution in [0, 0.1) is 0 Å². The van der Waals surface area contributed by atoms with Gasteiger partial charge in [-0.25, -0.2) is 0 Å². The van der Waals surface area contributed by atoms with E-state index in [9.17, 15) is 4.79 Å². The third-order valence-electron chi connectivity index (χ3n) is 2.95. The minimum Gasteiger partial charge on any atom is -0.312 e. The van der Waals surface area contributed by atoms with Crippen molar-refractivity contribution < 1.29 is 4.79 Å². The van der Waals surface area contributed by atoms with E-state index in [4.69, 9.17) is 0 Å². The molecule has 2 heteroatoms. The molecular formula is C17H37NO. The summed E-state index contributed by atoms with van der Waals surface area (Å²) in [7, 11) is 6.00. The van der Waals surface area contributed by atoms with E-state index in [-0.39, 0.29) is 0 Å². The lowest BCUT2D eigenvalue weighted by Crippen LogP contribution is -1.99. The van der Waals surface area contributed by atoms with Crippen molar-refractivity contribution in [3.8, 4) is 0 Å². The number of nitrogens with zero attached hydrogens (tertiary/aromatic N) is 1. The molecule has 0 aliphatic heterocycles. The maximum Gasteiger partial charge on any atom is 0.132 e. The van der Waals surface area contributed by atoms with Crippen molar-refractivity contribution in [3.63, 3.8) is 0 Å². The zero-order valence-electron chi connectivity index (χ0n) is 14.1. The lowest BCUT2D eigenvalue weighted by Gasteiger charge is -2.01. The zero-order chi connectivity index (χ0) is 14.9. The lowest BCUT2D eigenvalue weighted by molar-refractivity contribution is -0.118. The summed E-state index contributed by atoms with van der Waals surface area (Å²) in [6.45, 7) is 4.21. The topological polar surface area (TPSA) is 20.3 Å². The summed E-state index contributed by atoms with van der Waals surface area (Å²) in [6.07, 6.45) is 13.5. The fourth-order valence-electron chi connectivity index (χ4n) is 1.81. The number of carbonyl (C=O) groups excluding carboxylic acids is 1. The summed E-state index contributed by atoms with van der Waals surface area (Å²) < 4.78 is 0. The van der Waals surface area contributed by atoms with E-state index in [2.05, 4.69) is 6.92 Å². The first-order chi connectivity index (χ1) is 9.04. The highest BCUT2D eigenvalue weighted by atomic mass is 16.1. The summed E-state index contributed by atoms with van der Waals surface area (Å²) in [4.78, 5) is 13.0. The fourth-order valence-corrected chi connectivity index (χ4v) is 1.81. The molecule has 0 saturated heterocycles. The molecule has 2 nitrogen and oxygen atoms in total. The Bertz CT molecular complexity index is 175. The summed E-state index contributed by atoms with van der Waals surface area (Å²) in [5.74, 6) is 0.429. The molecule has 0 heterocycles. The standard InChI is InChI=1S/C14H28O.C3H9N/c1-3-5-6-7-8-9-10-11-12-13-14(15)4-2;1-4(2)3/h3-13H2,1-2H3;1-3H3. The number of ketones is 1. The number of carbonyl (C=O) groups is 1. The van der Waals surface area contributed by atoms with Crippen LogP contribution in [0.3, 0.4) is 0 Å². The van der Waals surface area contributed by atoms with Crippen molar-refractivity contribution in [2.75, 3.05) is 21.1 Å². The first-order valence-electron chi connectivity index (χ1n) is 8.17. The van der Waals surface area contributed by atoms with Crippen LogP contribution < -0.4 is 0 Å². The van der Waals surface area contributed by atoms with Crippen molar-refractivity contribution in [2.45, 2.75) is 84.5 Å². The van der Waals surface area contributed by atoms with Gasteiger partial charge in [0.15, 0.2) is 0 Å². The molecule has 0 atom stereocenters. The lowest BCUT2D eigenvalue weighted by atomic mass is 10.1. The maximum absolute atomic E-state index is 11.0. The molecule has 0 aromatic heterocycles. The molecule has 0 radical (unpaired) electrons. The van der Waals surface area contributed by atoms with Crippen LogP contribution in [0.1, 0.15) is 84.5 Å². The van der Waals surface area contributed by atoms with Crippen LogP contribution in [0.5, 0.6) is 0 Å². The van der Waals surface area contributed by atoms with Crippen LogP contribution >= 0.6 is 0 Å². The first kappa shape index (κ1) is 20.9. The Balaban J connectivity index is 0. The summed E-state index contributed by atoms with van der Waals surface area (Å²) >= 11 is 0. The van der Waals surface area contributed by atoms with Crippen molar-refractivity contribution in [2.24, 2.45) is 0 Å². The third kappa shape index (κ3) is 27.0. The molecule has 0 spiro atoms. The van der Waals surface area contributed by atoms with Gasteiger partial charge >= 0.3 is 0 Å². The highest BCUT2D eigenvalue weighted by Gasteiger charge is 1.97. The molecule has 19 heavy (non-hydrogen) atoms. The Morgan fingerprint density at radius 3 is 1.47 bits per heavy atom. The highest BCUT2D eigenvalue weighted by Crippen LogP contribution is 2.10. The van der Waals surface area contributed by atoms with E-state index >= 15 is 0 Å². The van der Waals surface area contributed by atoms with E-state index in [0.717, 1.165) is 19.3 Å². The van der Waals surface area contributed by atoms with Gasteiger partial charge in [-0.2, -0.15) is 0 Å². The minimum atomic E-state index is 0.429. The molecule has 116 valence electrons. The number of Topliss-reactive ketones (excluding diaryl/α,β-unsaturated/α-hetero) is 1. The van der Waals surface area contributed by atoms with Crippen LogP contribution in [-0.4, -0.2) is 31.8 Å². The molecule has 0 saturated carbocycles. The van der Waals surface area contributed by atoms with Gasteiger partial charge in [0, 0.05) is 12.8 Å². The molecule has 0 aliphatic carbocycles. The SMILES string of the molecule is CCCCCCCCCCCC(=O)CC.CN(C)C. The van der Waals surface area contributed by atoms with Gasteiger partial charge in [0.05, 0.1) is 0 Å². The van der Waals surface area contributed by atoms with Crippen LogP contribution in [0.2, 0.25) is 0 Å².